The molecule has 0 aromatic carbocycles. The molecule has 0 radical (unpaired) electrons. The Kier molecular flexibility index (Phi) is 60.6. The van der Waals surface area contributed by atoms with Gasteiger partial charge in [-0.1, -0.05) is 305 Å². The minimum Gasteiger partial charge on any atom is -0.462 e. The molecule has 0 aliphatic carbocycles. The van der Waals surface area contributed by atoms with Gasteiger partial charge in [0.25, 0.3) is 0 Å². The first-order valence-corrected chi connectivity index (χ1v) is 39.8. The van der Waals surface area contributed by atoms with E-state index in [0.29, 0.717) is 25.7 Å². The smallest absolute Gasteiger partial charge is 0.462 e. The van der Waals surface area contributed by atoms with Crippen LogP contribution in [0.4, 0.5) is 0 Å². The van der Waals surface area contributed by atoms with Crippen LogP contribution in [0, 0.1) is 17.8 Å². The molecule has 534 valence electrons. The lowest BCUT2D eigenvalue weighted by atomic mass is 10.0. The van der Waals surface area contributed by atoms with Gasteiger partial charge in [-0.15, -0.1) is 0 Å². The summed E-state index contributed by atoms with van der Waals surface area (Å²) in [5, 5.41) is 10.6. The fourth-order valence-corrected chi connectivity index (χ4v) is 12.3. The van der Waals surface area contributed by atoms with Crippen molar-refractivity contribution < 1.29 is 80.2 Å². The van der Waals surface area contributed by atoms with E-state index in [0.717, 1.165) is 108 Å². The zero-order valence-electron chi connectivity index (χ0n) is 58.6. The number of hydrogen-bond acceptors (Lipinski definition) is 15. The zero-order valence-corrected chi connectivity index (χ0v) is 60.4. The highest BCUT2D eigenvalue weighted by Crippen LogP contribution is 2.45. The molecule has 5 atom stereocenters. The third-order valence-corrected chi connectivity index (χ3v) is 18.3. The highest BCUT2D eigenvalue weighted by atomic mass is 31.2. The molecule has 0 bridgehead atoms. The van der Waals surface area contributed by atoms with Crippen molar-refractivity contribution in [2.75, 3.05) is 39.6 Å². The third kappa shape index (κ3) is 64.8. The Balaban J connectivity index is 5.26. The third-order valence-electron chi connectivity index (χ3n) is 16.4. The molecule has 0 rings (SSSR count). The van der Waals surface area contributed by atoms with Gasteiger partial charge in [-0.3, -0.25) is 37.3 Å². The number of carbonyl (C=O) groups is 4. The van der Waals surface area contributed by atoms with Crippen molar-refractivity contribution in [3.63, 3.8) is 0 Å². The van der Waals surface area contributed by atoms with E-state index in [9.17, 15) is 43.2 Å². The van der Waals surface area contributed by atoms with Crippen molar-refractivity contribution in [1.82, 2.24) is 0 Å². The Morgan fingerprint density at radius 1 is 0.300 bits per heavy atom. The second kappa shape index (κ2) is 61.9. The maximum atomic E-state index is 13.0. The maximum Gasteiger partial charge on any atom is 0.472 e. The summed E-state index contributed by atoms with van der Waals surface area (Å²) in [6.07, 6.45) is 45.7. The summed E-state index contributed by atoms with van der Waals surface area (Å²) >= 11 is 0. The van der Waals surface area contributed by atoms with E-state index in [4.69, 9.17) is 37.0 Å². The number of phosphoric acid groups is 2. The normalized spacial score (nSPS) is 14.2. The molecule has 0 aliphatic heterocycles. The number of carbonyl (C=O) groups excluding carboxylic acids is 4. The van der Waals surface area contributed by atoms with Crippen molar-refractivity contribution in [1.29, 1.82) is 0 Å². The highest BCUT2D eigenvalue weighted by Gasteiger charge is 2.30. The van der Waals surface area contributed by atoms with Crippen LogP contribution in [0.5, 0.6) is 0 Å². The molecule has 0 fully saturated rings. The molecule has 0 spiro atoms. The van der Waals surface area contributed by atoms with Gasteiger partial charge in [0.15, 0.2) is 12.2 Å². The molecule has 19 heteroatoms. The standard InChI is InChI=1S/C71H138O17P2/c1-8-9-10-11-12-13-24-31-38-45-52-68(73)81-58-67(88-71(76)55-48-41-34-27-20-23-30-37-44-51-64(6)7)61-86-90(79,80)84-57-65(72)56-83-89(77,78)85-60-66(59-82-69(74)53-46-39-32-25-19-18-22-29-36-43-50-63(4)5)87-70(75)54-47-40-33-26-17-15-14-16-21-28-35-42-49-62(2)3/h62-67,72H,8-61H2,1-7H3,(H,77,78)(H,79,80)/t65-,66-,67-/m1/s1. The van der Waals surface area contributed by atoms with Gasteiger partial charge in [0.2, 0.25) is 0 Å². The van der Waals surface area contributed by atoms with Gasteiger partial charge in [-0.05, 0) is 43.4 Å². The average molecular weight is 1330 g/mol. The lowest BCUT2D eigenvalue weighted by molar-refractivity contribution is -0.161. The number of esters is 4. The summed E-state index contributed by atoms with van der Waals surface area (Å²) in [5.74, 6) is 0.147. The molecule has 3 N–H and O–H groups in total. The second-order valence-electron chi connectivity index (χ2n) is 27.1. The van der Waals surface area contributed by atoms with Crippen molar-refractivity contribution in [2.24, 2.45) is 17.8 Å². The summed E-state index contributed by atoms with van der Waals surface area (Å²) in [5.41, 5.74) is 0. The molecule has 0 amide bonds. The van der Waals surface area contributed by atoms with Gasteiger partial charge in [0.05, 0.1) is 26.4 Å². The fourth-order valence-electron chi connectivity index (χ4n) is 10.7. The molecule has 0 saturated carbocycles. The fraction of sp³-hybridized carbons (Fsp3) is 0.944. The lowest BCUT2D eigenvalue weighted by Gasteiger charge is -2.21. The van der Waals surface area contributed by atoms with E-state index < -0.39 is 97.5 Å². The van der Waals surface area contributed by atoms with Gasteiger partial charge >= 0.3 is 39.5 Å². The Morgan fingerprint density at radius 2 is 0.511 bits per heavy atom. The van der Waals surface area contributed by atoms with E-state index in [2.05, 4.69) is 48.5 Å². The van der Waals surface area contributed by atoms with Crippen molar-refractivity contribution in [3.8, 4) is 0 Å². The lowest BCUT2D eigenvalue weighted by Crippen LogP contribution is -2.30. The van der Waals surface area contributed by atoms with E-state index >= 15 is 0 Å². The van der Waals surface area contributed by atoms with E-state index in [1.165, 1.54) is 167 Å². The molecule has 2 unspecified atom stereocenters. The topological polar surface area (TPSA) is 237 Å². The second-order valence-corrected chi connectivity index (χ2v) is 30.0. The first kappa shape index (κ1) is 88.1. The Labute approximate surface area is 549 Å². The van der Waals surface area contributed by atoms with Gasteiger partial charge in [-0.25, -0.2) is 9.13 Å². The number of aliphatic hydroxyl groups is 1. The molecule has 0 aromatic rings. The van der Waals surface area contributed by atoms with Gasteiger partial charge < -0.3 is 33.8 Å². The first-order valence-electron chi connectivity index (χ1n) is 36.8. The van der Waals surface area contributed by atoms with Gasteiger partial charge in [-0.2, -0.15) is 0 Å². The molecular formula is C71H138O17P2. The monoisotopic (exact) mass is 1320 g/mol. The molecule has 0 saturated heterocycles. The van der Waals surface area contributed by atoms with Crippen molar-refractivity contribution in [2.45, 2.75) is 375 Å². The van der Waals surface area contributed by atoms with E-state index in [1.54, 1.807) is 0 Å². The number of rotatable bonds is 69. The van der Waals surface area contributed by atoms with Crippen LogP contribution in [0.1, 0.15) is 357 Å². The Bertz CT molecular complexity index is 1770. The number of ether oxygens (including phenoxy) is 4. The molecule has 0 aromatic heterocycles. The Hall–Kier alpha value is -1.94. The van der Waals surface area contributed by atoms with Crippen molar-refractivity contribution in [3.05, 3.63) is 0 Å². The van der Waals surface area contributed by atoms with Crippen LogP contribution >= 0.6 is 15.6 Å². The maximum absolute atomic E-state index is 13.0. The largest absolute Gasteiger partial charge is 0.472 e. The number of aliphatic hydroxyl groups excluding tert-OH is 1. The number of hydrogen-bond donors (Lipinski definition) is 3. The molecule has 17 nitrogen and oxygen atoms in total. The van der Waals surface area contributed by atoms with Gasteiger partial charge in [0, 0.05) is 25.7 Å². The van der Waals surface area contributed by atoms with E-state index in [1.807, 2.05) is 0 Å². The predicted octanol–water partition coefficient (Wildman–Crippen LogP) is 20.2. The predicted molar refractivity (Wildman–Crippen MR) is 363 cm³/mol. The van der Waals surface area contributed by atoms with Gasteiger partial charge in [0.1, 0.15) is 19.3 Å². The van der Waals surface area contributed by atoms with Crippen LogP contribution in [-0.2, 0) is 65.4 Å². The van der Waals surface area contributed by atoms with Crippen molar-refractivity contribution >= 4 is 39.5 Å². The quantitative estimate of drug-likeness (QED) is 0.0222. The molecule has 90 heavy (non-hydrogen) atoms. The number of unbranched alkanes of at least 4 members (excludes halogenated alkanes) is 37. The van der Waals surface area contributed by atoms with Crippen LogP contribution in [0.15, 0.2) is 0 Å². The minimum absolute atomic E-state index is 0.105. The van der Waals surface area contributed by atoms with Crippen LogP contribution in [-0.4, -0.2) is 96.7 Å². The van der Waals surface area contributed by atoms with Crippen LogP contribution < -0.4 is 0 Å². The summed E-state index contributed by atoms with van der Waals surface area (Å²) in [7, 11) is -9.90. The summed E-state index contributed by atoms with van der Waals surface area (Å²) in [4.78, 5) is 72.6. The first-order chi connectivity index (χ1) is 43.2. The molecule has 0 heterocycles. The highest BCUT2D eigenvalue weighted by molar-refractivity contribution is 7.47. The molecular weight excluding hydrogens is 1190 g/mol. The average Bonchev–Trinajstić information content (AvgIpc) is 2.87. The molecule has 0 aliphatic rings. The van der Waals surface area contributed by atoms with Crippen LogP contribution in [0.2, 0.25) is 0 Å². The van der Waals surface area contributed by atoms with E-state index in [-0.39, 0.29) is 25.7 Å². The zero-order chi connectivity index (χ0) is 66.6. The minimum atomic E-state index is -4.95. The Morgan fingerprint density at radius 3 is 0.756 bits per heavy atom. The SMILES string of the molecule is CCCCCCCCCCCCC(=O)OC[C@H](COP(=O)(O)OC[C@H](O)COP(=O)(O)OC[C@@H](COC(=O)CCCCCCCCCCCCC(C)C)OC(=O)CCCCCCCCCCCCCCC(C)C)OC(=O)CCCCCCCCCCCC(C)C. The number of phosphoric ester groups is 2. The summed E-state index contributed by atoms with van der Waals surface area (Å²) in [6.45, 7) is 11.8. The van der Waals surface area contributed by atoms with Crippen LogP contribution in [0.25, 0.3) is 0 Å². The summed E-state index contributed by atoms with van der Waals surface area (Å²) in [6, 6.07) is 0. The summed E-state index contributed by atoms with van der Waals surface area (Å²) < 4.78 is 68.3. The van der Waals surface area contributed by atoms with Crippen LogP contribution in [0.3, 0.4) is 0 Å².